The lowest BCUT2D eigenvalue weighted by molar-refractivity contribution is 0.248. The number of benzene rings is 1. The Morgan fingerprint density at radius 2 is 2.15 bits per heavy atom. The van der Waals surface area contributed by atoms with Gasteiger partial charge in [0, 0.05) is 23.1 Å². The molecule has 0 bridgehead atoms. The maximum atomic E-state index is 13.7. The number of nitrogens with zero attached hydrogens (tertiary/aromatic N) is 1. The molecule has 112 valence electrons. The van der Waals surface area contributed by atoms with Gasteiger partial charge in [0.05, 0.1) is 0 Å². The van der Waals surface area contributed by atoms with E-state index in [1.54, 1.807) is 0 Å². The van der Waals surface area contributed by atoms with E-state index >= 15 is 0 Å². The molecule has 1 saturated carbocycles. The summed E-state index contributed by atoms with van der Waals surface area (Å²) in [5.41, 5.74) is 0. The van der Waals surface area contributed by atoms with Crippen LogP contribution in [0.15, 0.2) is 27.6 Å². The molecule has 1 fully saturated rings. The first-order valence-corrected chi connectivity index (χ1v) is 8.75. The summed E-state index contributed by atoms with van der Waals surface area (Å²) in [6.45, 7) is 2.23. The Bertz CT molecular complexity index is 590. The van der Waals surface area contributed by atoms with Crippen molar-refractivity contribution in [2.24, 2.45) is 0 Å². The van der Waals surface area contributed by atoms with Crippen molar-refractivity contribution in [3.05, 3.63) is 28.5 Å². The Kier molecular flexibility index (Phi) is 4.84. The zero-order chi connectivity index (χ0) is 14.9. The number of rotatable bonds is 6. The molecule has 20 heavy (non-hydrogen) atoms. The van der Waals surface area contributed by atoms with Gasteiger partial charge in [-0.2, -0.15) is 0 Å². The van der Waals surface area contributed by atoms with E-state index in [-0.39, 0.29) is 17.5 Å². The van der Waals surface area contributed by atoms with Crippen LogP contribution in [0, 0.1) is 5.82 Å². The average Bonchev–Trinajstić information content (AvgIpc) is 3.18. The van der Waals surface area contributed by atoms with Crippen molar-refractivity contribution in [2.75, 3.05) is 13.6 Å². The highest BCUT2D eigenvalue weighted by Crippen LogP contribution is 2.27. The number of halogens is 2. The molecule has 0 amide bonds. The first-order chi connectivity index (χ1) is 9.31. The van der Waals surface area contributed by atoms with Crippen molar-refractivity contribution < 1.29 is 12.8 Å². The molecule has 1 atom stereocenters. The molecule has 1 aliphatic rings. The van der Waals surface area contributed by atoms with Crippen LogP contribution in [0.4, 0.5) is 4.39 Å². The zero-order valence-electron chi connectivity index (χ0n) is 11.4. The summed E-state index contributed by atoms with van der Waals surface area (Å²) in [6.07, 6.45) is 2.32. The SMILES string of the molecule is CC(CNS(=O)(=O)c1ccc(Br)cc1F)N(C)C1CC1. The Morgan fingerprint density at radius 1 is 1.50 bits per heavy atom. The predicted molar refractivity (Wildman–Crippen MR) is 79.5 cm³/mol. The van der Waals surface area contributed by atoms with Crippen molar-refractivity contribution >= 4 is 26.0 Å². The molecule has 0 spiro atoms. The topological polar surface area (TPSA) is 49.4 Å². The molecular formula is C13H18BrFN2O2S. The van der Waals surface area contributed by atoms with Crippen molar-refractivity contribution in [3.63, 3.8) is 0 Å². The van der Waals surface area contributed by atoms with Gasteiger partial charge >= 0.3 is 0 Å². The second-order valence-electron chi connectivity index (χ2n) is 5.17. The molecule has 1 aliphatic carbocycles. The number of likely N-dealkylation sites (N-methyl/N-ethyl adjacent to an activating group) is 1. The molecule has 7 heteroatoms. The summed E-state index contributed by atoms with van der Waals surface area (Å²) in [5, 5.41) is 0. The Balaban J connectivity index is 2.03. The van der Waals surface area contributed by atoms with Crippen LogP contribution in [0.2, 0.25) is 0 Å². The molecule has 2 rings (SSSR count). The Labute approximate surface area is 127 Å². The van der Waals surface area contributed by atoms with E-state index in [4.69, 9.17) is 0 Å². The van der Waals surface area contributed by atoms with Crippen LogP contribution in [0.5, 0.6) is 0 Å². The highest BCUT2D eigenvalue weighted by atomic mass is 79.9. The van der Waals surface area contributed by atoms with Gasteiger partial charge in [0.15, 0.2) is 0 Å². The zero-order valence-corrected chi connectivity index (χ0v) is 13.8. The summed E-state index contributed by atoms with van der Waals surface area (Å²) >= 11 is 3.11. The molecule has 0 saturated heterocycles. The van der Waals surface area contributed by atoms with Crippen molar-refractivity contribution in [2.45, 2.75) is 36.7 Å². The second kappa shape index (κ2) is 6.09. The average molecular weight is 365 g/mol. The lowest BCUT2D eigenvalue weighted by atomic mass is 10.3. The van der Waals surface area contributed by atoms with Gasteiger partial charge in [-0.05, 0) is 45.0 Å². The third kappa shape index (κ3) is 3.78. The third-order valence-electron chi connectivity index (χ3n) is 3.57. The lowest BCUT2D eigenvalue weighted by Gasteiger charge is -2.24. The first kappa shape index (κ1) is 15.9. The maximum absolute atomic E-state index is 13.7. The smallest absolute Gasteiger partial charge is 0.243 e. The minimum atomic E-state index is -3.81. The number of sulfonamides is 1. The van der Waals surface area contributed by atoms with Gasteiger partial charge in [-0.15, -0.1) is 0 Å². The van der Waals surface area contributed by atoms with Crippen LogP contribution < -0.4 is 4.72 Å². The molecule has 1 N–H and O–H groups in total. The molecule has 0 aromatic heterocycles. The predicted octanol–water partition coefficient (Wildman–Crippen LogP) is 2.35. The first-order valence-electron chi connectivity index (χ1n) is 6.48. The van der Waals surface area contributed by atoms with Crippen molar-refractivity contribution in [3.8, 4) is 0 Å². The van der Waals surface area contributed by atoms with Gasteiger partial charge in [-0.25, -0.2) is 17.5 Å². The van der Waals surface area contributed by atoms with E-state index in [0.29, 0.717) is 10.5 Å². The van der Waals surface area contributed by atoms with Gasteiger partial charge < -0.3 is 0 Å². The fourth-order valence-corrected chi connectivity index (χ4v) is 3.50. The fraction of sp³-hybridized carbons (Fsp3) is 0.538. The molecular weight excluding hydrogens is 347 g/mol. The molecule has 1 aromatic rings. The van der Waals surface area contributed by atoms with E-state index in [9.17, 15) is 12.8 Å². The van der Waals surface area contributed by atoms with E-state index < -0.39 is 15.8 Å². The normalized spacial score (nSPS) is 17.4. The summed E-state index contributed by atoms with van der Waals surface area (Å²) in [4.78, 5) is 1.84. The number of hydrogen-bond donors (Lipinski definition) is 1. The van der Waals surface area contributed by atoms with Crippen LogP contribution in [0.25, 0.3) is 0 Å². The quantitative estimate of drug-likeness (QED) is 0.842. The molecule has 1 unspecified atom stereocenters. The highest BCUT2D eigenvalue weighted by Gasteiger charge is 2.30. The molecule has 0 aliphatic heterocycles. The number of hydrogen-bond acceptors (Lipinski definition) is 3. The largest absolute Gasteiger partial charge is 0.299 e. The highest BCUT2D eigenvalue weighted by molar-refractivity contribution is 9.10. The van der Waals surface area contributed by atoms with E-state index in [2.05, 4.69) is 25.6 Å². The van der Waals surface area contributed by atoms with Crippen molar-refractivity contribution in [1.29, 1.82) is 0 Å². The van der Waals surface area contributed by atoms with E-state index in [1.807, 2.05) is 14.0 Å². The van der Waals surface area contributed by atoms with Crippen molar-refractivity contribution in [1.82, 2.24) is 9.62 Å². The molecule has 0 radical (unpaired) electrons. The molecule has 4 nitrogen and oxygen atoms in total. The Hall–Kier alpha value is -0.500. The summed E-state index contributed by atoms with van der Waals surface area (Å²) in [6, 6.07) is 4.55. The molecule has 0 heterocycles. The standard InChI is InChI=1S/C13H18BrFN2O2S/c1-9(17(2)11-4-5-11)8-16-20(18,19)13-6-3-10(14)7-12(13)15/h3,6-7,9,11,16H,4-5,8H2,1-2H3. The summed E-state index contributed by atoms with van der Waals surface area (Å²) < 4.78 is 40.9. The van der Waals surface area contributed by atoms with Gasteiger partial charge in [0.25, 0.3) is 0 Å². The van der Waals surface area contributed by atoms with Crippen LogP contribution in [-0.2, 0) is 10.0 Å². The van der Waals surface area contributed by atoms with Crippen LogP contribution >= 0.6 is 15.9 Å². The minimum absolute atomic E-state index is 0.0794. The van der Waals surface area contributed by atoms with Gasteiger partial charge in [-0.1, -0.05) is 15.9 Å². The second-order valence-corrected chi connectivity index (χ2v) is 7.82. The van der Waals surface area contributed by atoms with Crippen LogP contribution in [0.3, 0.4) is 0 Å². The molecule has 1 aromatic carbocycles. The summed E-state index contributed by atoms with van der Waals surface area (Å²) in [7, 11) is -1.83. The Morgan fingerprint density at radius 3 is 2.70 bits per heavy atom. The van der Waals surface area contributed by atoms with Crippen LogP contribution in [-0.4, -0.2) is 39.0 Å². The van der Waals surface area contributed by atoms with Gasteiger partial charge in [-0.3, -0.25) is 4.90 Å². The van der Waals surface area contributed by atoms with Gasteiger partial charge in [0.1, 0.15) is 10.7 Å². The number of nitrogens with one attached hydrogen (secondary N) is 1. The summed E-state index contributed by atoms with van der Waals surface area (Å²) in [5.74, 6) is -0.755. The fourth-order valence-electron chi connectivity index (χ4n) is 1.99. The van der Waals surface area contributed by atoms with E-state index in [0.717, 1.165) is 18.9 Å². The monoisotopic (exact) mass is 364 g/mol. The van der Waals surface area contributed by atoms with Crippen LogP contribution in [0.1, 0.15) is 19.8 Å². The van der Waals surface area contributed by atoms with E-state index in [1.165, 1.54) is 12.1 Å². The minimum Gasteiger partial charge on any atom is -0.299 e. The van der Waals surface area contributed by atoms with Gasteiger partial charge in [0.2, 0.25) is 10.0 Å². The maximum Gasteiger partial charge on any atom is 0.243 e. The third-order valence-corrected chi connectivity index (χ3v) is 5.52. The lowest BCUT2D eigenvalue weighted by Crippen LogP contribution is -2.41.